The Labute approximate surface area is 154 Å². The second-order valence-corrected chi connectivity index (χ2v) is 8.20. The van der Waals surface area contributed by atoms with Crippen molar-refractivity contribution in [2.75, 3.05) is 13.3 Å². The number of hydrogen-bond donors (Lipinski definition) is 0. The SMILES string of the molecule is CP(C)c1cc2ccccc2[cH-]1.Cc1cc2ccccc2[cH-]1.[Ti+2]. The fraction of sp³-hybridized carbons (Fsp3) is 0.143. The second-order valence-electron chi connectivity index (χ2n) is 5.90. The van der Waals surface area contributed by atoms with Crippen LogP contribution < -0.4 is 5.30 Å². The minimum atomic E-state index is 0. The molecule has 2 heteroatoms. The van der Waals surface area contributed by atoms with Crippen molar-refractivity contribution in [1.82, 2.24) is 0 Å². The summed E-state index contributed by atoms with van der Waals surface area (Å²) >= 11 is 0. The van der Waals surface area contributed by atoms with Crippen molar-refractivity contribution in [2.24, 2.45) is 0 Å². The van der Waals surface area contributed by atoms with Crippen LogP contribution in [0.3, 0.4) is 0 Å². The maximum atomic E-state index is 2.31. The normalized spacial score (nSPS) is 10.4. The molecule has 0 radical (unpaired) electrons. The van der Waals surface area contributed by atoms with Crippen LogP contribution in [0.1, 0.15) is 5.56 Å². The quantitative estimate of drug-likeness (QED) is 0.231. The molecule has 0 aliphatic heterocycles. The molecule has 0 bridgehead atoms. The number of rotatable bonds is 1. The fourth-order valence-corrected chi connectivity index (χ4v) is 3.49. The van der Waals surface area contributed by atoms with E-state index in [0.717, 1.165) is 0 Å². The first-order valence-electron chi connectivity index (χ1n) is 7.58. The van der Waals surface area contributed by atoms with Gasteiger partial charge in [-0.3, -0.25) is 0 Å². The summed E-state index contributed by atoms with van der Waals surface area (Å²) < 4.78 is 0. The van der Waals surface area contributed by atoms with Crippen molar-refractivity contribution in [2.45, 2.75) is 6.92 Å². The van der Waals surface area contributed by atoms with Crippen LogP contribution in [0.4, 0.5) is 0 Å². The van der Waals surface area contributed by atoms with Crippen LogP contribution >= 0.6 is 7.92 Å². The van der Waals surface area contributed by atoms with E-state index < -0.39 is 0 Å². The van der Waals surface area contributed by atoms with E-state index in [1.54, 1.807) is 0 Å². The molecule has 0 spiro atoms. The Morgan fingerprint density at radius 1 is 0.739 bits per heavy atom. The summed E-state index contributed by atoms with van der Waals surface area (Å²) in [6, 6.07) is 26.0. The van der Waals surface area contributed by atoms with E-state index >= 15 is 0 Å². The predicted molar refractivity (Wildman–Crippen MR) is 102 cm³/mol. The Hall–Kier alpha value is -1.20. The number of benzene rings is 2. The zero-order chi connectivity index (χ0) is 15.5. The second kappa shape index (κ2) is 8.07. The molecular weight excluding hydrogens is 331 g/mol. The molecule has 114 valence electrons. The Balaban J connectivity index is 0.000000162. The van der Waals surface area contributed by atoms with Gasteiger partial charge in [0.1, 0.15) is 0 Å². The molecule has 4 rings (SSSR count). The zero-order valence-electron chi connectivity index (χ0n) is 13.9. The first-order valence-corrected chi connectivity index (χ1v) is 9.82. The molecule has 0 amide bonds. The largest absolute Gasteiger partial charge is 2.00 e. The van der Waals surface area contributed by atoms with Crippen LogP contribution in [0, 0.1) is 6.92 Å². The Morgan fingerprint density at radius 2 is 1.26 bits per heavy atom. The molecule has 4 aromatic carbocycles. The molecule has 0 unspecified atom stereocenters. The number of hydrogen-bond acceptors (Lipinski definition) is 0. The molecule has 0 saturated carbocycles. The fourth-order valence-electron chi connectivity index (χ4n) is 2.70. The molecule has 0 aliphatic carbocycles. The predicted octanol–water partition coefficient (Wildman–Crippen LogP) is 5.79. The number of fused-ring (bicyclic) bond motifs is 2. The molecule has 23 heavy (non-hydrogen) atoms. The third-order valence-corrected chi connectivity index (χ3v) is 5.17. The van der Waals surface area contributed by atoms with Gasteiger partial charge in [0.05, 0.1) is 0 Å². The summed E-state index contributed by atoms with van der Waals surface area (Å²) in [5, 5.41) is 6.96. The van der Waals surface area contributed by atoms with Gasteiger partial charge in [-0.25, -0.2) is 0 Å². The zero-order valence-corrected chi connectivity index (χ0v) is 16.3. The van der Waals surface area contributed by atoms with Crippen LogP contribution in [0.2, 0.25) is 0 Å². The van der Waals surface area contributed by atoms with Gasteiger partial charge < -0.3 is 0 Å². The van der Waals surface area contributed by atoms with Crippen molar-refractivity contribution in [1.29, 1.82) is 0 Å². The van der Waals surface area contributed by atoms with Crippen LogP contribution in [0.5, 0.6) is 0 Å². The molecule has 4 aromatic rings. The van der Waals surface area contributed by atoms with Gasteiger partial charge in [-0.1, -0.05) is 19.1 Å². The van der Waals surface area contributed by atoms with Gasteiger partial charge in [0, 0.05) is 0 Å². The average Bonchev–Trinajstić information content (AvgIpc) is 3.09. The molecule has 0 saturated heterocycles. The van der Waals surface area contributed by atoms with Gasteiger partial charge in [0.2, 0.25) is 0 Å². The maximum Gasteiger partial charge on any atom is 2.00 e. The van der Waals surface area contributed by atoms with Gasteiger partial charge in [0.25, 0.3) is 0 Å². The summed E-state index contributed by atoms with van der Waals surface area (Å²) in [6.07, 6.45) is 0. The van der Waals surface area contributed by atoms with Crippen molar-refractivity contribution < 1.29 is 21.7 Å². The van der Waals surface area contributed by atoms with E-state index in [1.165, 1.54) is 32.4 Å². The van der Waals surface area contributed by atoms with E-state index in [1.807, 2.05) is 0 Å². The third kappa shape index (κ3) is 4.42. The van der Waals surface area contributed by atoms with Gasteiger partial charge >= 0.3 is 21.7 Å². The summed E-state index contributed by atoms with van der Waals surface area (Å²) in [5.74, 6) is 0. The maximum absolute atomic E-state index is 2.31. The molecule has 0 fully saturated rings. The standard InChI is InChI=1S/C11H12P.C10H9.Ti/c1-12(2)11-7-9-5-3-4-6-10(9)8-11;1-8-6-9-4-2-3-5-10(9)7-8;/h3-8H,1-2H3;2-7H,1H3;/q2*-1;+2. The Bertz CT molecular complexity index is 817. The third-order valence-electron chi connectivity index (χ3n) is 3.88. The summed E-state index contributed by atoms with van der Waals surface area (Å²) in [7, 11) is 0.0576. The Kier molecular flexibility index (Phi) is 6.36. The first kappa shape index (κ1) is 18.1. The molecule has 0 aromatic heterocycles. The first-order chi connectivity index (χ1) is 10.6. The Morgan fingerprint density at radius 3 is 1.78 bits per heavy atom. The molecule has 0 heterocycles. The van der Waals surface area contributed by atoms with E-state index in [0.29, 0.717) is 0 Å². The van der Waals surface area contributed by atoms with Crippen LogP contribution in [-0.4, -0.2) is 13.3 Å². The monoisotopic (exact) mass is 352 g/mol. The summed E-state index contributed by atoms with van der Waals surface area (Å²) in [5.41, 5.74) is 1.35. The van der Waals surface area contributed by atoms with E-state index in [9.17, 15) is 0 Å². The smallest absolute Gasteiger partial charge is 0.165 e. The van der Waals surface area contributed by atoms with Gasteiger partial charge in [-0.15, -0.1) is 88.9 Å². The average molecular weight is 352 g/mol. The van der Waals surface area contributed by atoms with Crippen molar-refractivity contribution in [3.05, 3.63) is 78.4 Å². The van der Waals surface area contributed by atoms with Crippen LogP contribution in [0.15, 0.2) is 72.8 Å². The molecule has 0 atom stereocenters. The van der Waals surface area contributed by atoms with Gasteiger partial charge in [0.15, 0.2) is 0 Å². The number of aryl methyl sites for hydroxylation is 1. The summed E-state index contributed by atoms with van der Waals surface area (Å²) in [6.45, 7) is 6.72. The van der Waals surface area contributed by atoms with Crippen LogP contribution in [0.25, 0.3) is 21.5 Å². The van der Waals surface area contributed by atoms with Gasteiger partial charge in [-0.05, 0) is 13.3 Å². The van der Waals surface area contributed by atoms with Gasteiger partial charge in [-0.2, -0.15) is 12.1 Å². The molecular formula is C21H21PTi. The topological polar surface area (TPSA) is 0 Å². The van der Waals surface area contributed by atoms with Crippen LogP contribution in [-0.2, 0) is 21.7 Å². The van der Waals surface area contributed by atoms with Crippen molar-refractivity contribution in [3.8, 4) is 0 Å². The van der Waals surface area contributed by atoms with E-state index in [2.05, 4.69) is 93.0 Å². The summed E-state index contributed by atoms with van der Waals surface area (Å²) in [4.78, 5) is 0. The minimum Gasteiger partial charge on any atom is -0.165 e. The molecule has 0 aliphatic rings. The molecule has 0 N–H and O–H groups in total. The van der Waals surface area contributed by atoms with E-state index in [-0.39, 0.29) is 29.6 Å². The minimum absolute atomic E-state index is 0. The molecule has 0 nitrogen and oxygen atoms in total. The van der Waals surface area contributed by atoms with Crippen molar-refractivity contribution >= 4 is 34.8 Å². The van der Waals surface area contributed by atoms with Crippen molar-refractivity contribution in [3.63, 3.8) is 0 Å². The van der Waals surface area contributed by atoms with E-state index in [4.69, 9.17) is 0 Å².